The van der Waals surface area contributed by atoms with Crippen molar-refractivity contribution in [3.8, 4) is 0 Å². The fourth-order valence-electron chi connectivity index (χ4n) is 3.23. The van der Waals surface area contributed by atoms with Crippen molar-refractivity contribution in [1.29, 1.82) is 0 Å². The molecule has 0 bridgehead atoms. The summed E-state index contributed by atoms with van der Waals surface area (Å²) in [5.74, 6) is -0.758. The van der Waals surface area contributed by atoms with Crippen molar-refractivity contribution in [2.24, 2.45) is 0 Å². The number of nitrogens with one attached hydrogen (secondary N) is 2. The molecule has 0 spiro atoms. The van der Waals surface area contributed by atoms with Gasteiger partial charge in [0.1, 0.15) is 0 Å². The fraction of sp³-hybridized carbons (Fsp3) is 0.200. The van der Waals surface area contributed by atoms with Crippen LogP contribution in [-0.2, 0) is 13.1 Å². The second kappa shape index (κ2) is 7.03. The molecule has 0 saturated heterocycles. The molecule has 0 fully saturated rings. The van der Waals surface area contributed by atoms with Gasteiger partial charge in [-0.05, 0) is 18.1 Å². The molecule has 0 aliphatic carbocycles. The Bertz CT molecular complexity index is 997. The summed E-state index contributed by atoms with van der Waals surface area (Å²) in [6, 6.07) is 17.3. The first-order valence-electron chi connectivity index (χ1n) is 8.75. The maximum absolute atomic E-state index is 12.6. The smallest absolute Gasteiger partial charge is 0.274 e. The molecule has 0 unspecified atom stereocenters. The zero-order chi connectivity index (χ0) is 18.8. The van der Waals surface area contributed by atoms with Crippen molar-refractivity contribution in [1.82, 2.24) is 25.6 Å². The van der Waals surface area contributed by atoms with Crippen LogP contribution >= 0.6 is 0 Å². The molecular weight excluding hydrogens is 342 g/mol. The topological polar surface area (TPSA) is 88.9 Å². The third-order valence-corrected chi connectivity index (χ3v) is 4.56. The van der Waals surface area contributed by atoms with E-state index >= 15 is 0 Å². The van der Waals surface area contributed by atoms with Crippen LogP contribution in [0.2, 0.25) is 0 Å². The monoisotopic (exact) mass is 361 g/mol. The number of amides is 2. The van der Waals surface area contributed by atoms with Crippen molar-refractivity contribution >= 4 is 11.8 Å². The van der Waals surface area contributed by atoms with Crippen LogP contribution in [-0.4, -0.2) is 26.8 Å². The van der Waals surface area contributed by atoms with E-state index < -0.39 is 5.91 Å². The van der Waals surface area contributed by atoms with Crippen LogP contribution in [0.5, 0.6) is 0 Å². The Kier molecular flexibility index (Phi) is 4.42. The molecule has 2 aromatic carbocycles. The highest BCUT2D eigenvalue weighted by Gasteiger charge is 2.32. The van der Waals surface area contributed by atoms with Crippen molar-refractivity contribution in [2.75, 3.05) is 0 Å². The number of nitrogens with zero attached hydrogens (tertiary/aromatic N) is 3. The number of hydrogen-bond acceptors (Lipinski definition) is 4. The second-order valence-corrected chi connectivity index (χ2v) is 6.58. The average molecular weight is 361 g/mol. The lowest BCUT2D eigenvalue weighted by molar-refractivity contribution is 0.0876. The number of rotatable bonds is 4. The van der Waals surface area contributed by atoms with Crippen LogP contribution in [0.15, 0.2) is 54.6 Å². The minimum atomic E-state index is -0.411. The Labute approximate surface area is 156 Å². The minimum absolute atomic E-state index is 0.0478. The molecular formula is C20H19N5O2. The van der Waals surface area contributed by atoms with Crippen molar-refractivity contribution in [2.45, 2.75) is 26.1 Å². The molecule has 3 aromatic rings. The Balaban J connectivity index is 1.51. The molecule has 7 nitrogen and oxygen atoms in total. The van der Waals surface area contributed by atoms with E-state index in [-0.39, 0.29) is 23.3 Å². The highest BCUT2D eigenvalue weighted by atomic mass is 16.2. The zero-order valence-corrected chi connectivity index (χ0v) is 14.8. The minimum Gasteiger partial charge on any atom is -0.346 e. The third kappa shape index (κ3) is 3.44. The lowest BCUT2D eigenvalue weighted by Gasteiger charge is -2.24. The third-order valence-electron chi connectivity index (χ3n) is 4.56. The van der Waals surface area contributed by atoms with E-state index in [1.807, 2.05) is 61.5 Å². The maximum Gasteiger partial charge on any atom is 0.274 e. The van der Waals surface area contributed by atoms with Gasteiger partial charge in [-0.1, -0.05) is 65.4 Å². The van der Waals surface area contributed by atoms with E-state index in [2.05, 4.69) is 20.9 Å². The molecule has 1 aliphatic heterocycles. The summed E-state index contributed by atoms with van der Waals surface area (Å²) < 4.78 is 1.50. The summed E-state index contributed by atoms with van der Waals surface area (Å²) in [7, 11) is 0. The van der Waals surface area contributed by atoms with Crippen LogP contribution in [0, 0.1) is 6.92 Å². The Morgan fingerprint density at radius 2 is 2.04 bits per heavy atom. The van der Waals surface area contributed by atoms with Gasteiger partial charge in [0.15, 0.2) is 11.4 Å². The lowest BCUT2D eigenvalue weighted by atomic mass is 10.0. The molecule has 4 rings (SSSR count). The summed E-state index contributed by atoms with van der Waals surface area (Å²) >= 11 is 0. The maximum atomic E-state index is 12.6. The summed E-state index contributed by atoms with van der Waals surface area (Å²) in [4.78, 5) is 25.1. The standard InChI is InChI=1S/C20H19N5O2/c1-13-6-5-7-14(10-13)11-21-19(26)17-18-20(27)22-16(12-25(18)24-23-17)15-8-3-2-4-9-15/h2-10,16H,11-12H2,1H3,(H,21,26)(H,22,27)/t16-/m1/s1. The van der Waals surface area contributed by atoms with Gasteiger partial charge in [0.2, 0.25) is 0 Å². The predicted octanol–water partition coefficient (Wildman–Crippen LogP) is 2.00. The van der Waals surface area contributed by atoms with Crippen molar-refractivity contribution in [3.63, 3.8) is 0 Å². The number of aromatic nitrogens is 3. The van der Waals surface area contributed by atoms with Crippen molar-refractivity contribution < 1.29 is 9.59 Å². The van der Waals surface area contributed by atoms with Gasteiger partial charge >= 0.3 is 0 Å². The van der Waals surface area contributed by atoms with Gasteiger partial charge in [-0.3, -0.25) is 9.59 Å². The first-order valence-corrected chi connectivity index (χ1v) is 8.75. The van der Waals surface area contributed by atoms with Gasteiger partial charge in [0.05, 0.1) is 12.6 Å². The van der Waals surface area contributed by atoms with Gasteiger partial charge in [0.25, 0.3) is 11.8 Å². The largest absolute Gasteiger partial charge is 0.346 e. The van der Waals surface area contributed by atoms with E-state index in [1.165, 1.54) is 4.68 Å². The molecule has 27 heavy (non-hydrogen) atoms. The quantitative estimate of drug-likeness (QED) is 0.744. The summed E-state index contributed by atoms with van der Waals surface area (Å²) in [5.41, 5.74) is 3.33. The van der Waals surface area contributed by atoms with E-state index in [9.17, 15) is 9.59 Å². The zero-order valence-electron chi connectivity index (χ0n) is 14.8. The Morgan fingerprint density at radius 3 is 2.81 bits per heavy atom. The van der Waals surface area contributed by atoms with E-state index in [4.69, 9.17) is 0 Å². The Hall–Kier alpha value is -3.48. The SMILES string of the molecule is Cc1cccc(CNC(=O)c2nnn3c2C(=O)N[C@@H](c2ccccc2)C3)c1. The summed E-state index contributed by atoms with van der Waals surface area (Å²) in [6.07, 6.45) is 0. The lowest BCUT2D eigenvalue weighted by Crippen LogP contribution is -2.40. The number of aryl methyl sites for hydroxylation is 1. The van der Waals surface area contributed by atoms with Gasteiger partial charge in [-0.2, -0.15) is 0 Å². The first kappa shape index (κ1) is 17.0. The molecule has 0 radical (unpaired) electrons. The second-order valence-electron chi connectivity index (χ2n) is 6.58. The van der Waals surface area contributed by atoms with Crippen molar-refractivity contribution in [3.05, 3.63) is 82.7 Å². The Morgan fingerprint density at radius 1 is 1.22 bits per heavy atom. The normalized spacial score (nSPS) is 15.7. The molecule has 1 aromatic heterocycles. The van der Waals surface area contributed by atoms with Crippen LogP contribution < -0.4 is 10.6 Å². The molecule has 136 valence electrons. The van der Waals surface area contributed by atoms with E-state index in [1.54, 1.807) is 0 Å². The molecule has 1 aliphatic rings. The number of carbonyl (C=O) groups is 2. The predicted molar refractivity (Wildman–Crippen MR) is 99.0 cm³/mol. The van der Waals surface area contributed by atoms with Crippen LogP contribution in [0.3, 0.4) is 0 Å². The highest BCUT2D eigenvalue weighted by Crippen LogP contribution is 2.21. The van der Waals surface area contributed by atoms with Gasteiger partial charge < -0.3 is 10.6 Å². The van der Waals surface area contributed by atoms with E-state index in [0.717, 1.165) is 16.7 Å². The number of hydrogen-bond donors (Lipinski definition) is 2. The molecule has 2 amide bonds. The van der Waals surface area contributed by atoms with Crippen LogP contribution in [0.4, 0.5) is 0 Å². The molecule has 2 heterocycles. The van der Waals surface area contributed by atoms with Gasteiger partial charge in [-0.15, -0.1) is 5.10 Å². The number of fused-ring (bicyclic) bond motifs is 1. The average Bonchev–Trinajstić information content (AvgIpc) is 3.12. The molecule has 7 heteroatoms. The number of benzene rings is 2. The van der Waals surface area contributed by atoms with E-state index in [0.29, 0.717) is 13.1 Å². The van der Waals surface area contributed by atoms with Gasteiger partial charge in [0, 0.05) is 6.54 Å². The first-order chi connectivity index (χ1) is 13.1. The van der Waals surface area contributed by atoms with Crippen LogP contribution in [0.25, 0.3) is 0 Å². The summed E-state index contributed by atoms with van der Waals surface area (Å²) in [5, 5.41) is 13.7. The molecule has 0 saturated carbocycles. The molecule has 2 N–H and O–H groups in total. The highest BCUT2D eigenvalue weighted by molar-refractivity contribution is 6.05. The van der Waals surface area contributed by atoms with Gasteiger partial charge in [-0.25, -0.2) is 4.68 Å². The molecule has 1 atom stereocenters. The van der Waals surface area contributed by atoms with Crippen LogP contribution in [0.1, 0.15) is 43.7 Å². The fourth-order valence-corrected chi connectivity index (χ4v) is 3.23. The number of carbonyl (C=O) groups excluding carboxylic acids is 2. The summed E-state index contributed by atoms with van der Waals surface area (Å²) in [6.45, 7) is 2.79.